The molecular formula is C13H9Cl2N3S. The van der Waals surface area contributed by atoms with Crippen LogP contribution in [-0.2, 0) is 6.54 Å². The smallest absolute Gasteiger partial charge is 0.179 e. The Bertz CT molecular complexity index is 790. The van der Waals surface area contributed by atoms with Gasteiger partial charge in [0.25, 0.3) is 0 Å². The highest BCUT2D eigenvalue weighted by Gasteiger charge is 2.07. The van der Waals surface area contributed by atoms with Gasteiger partial charge in [0.1, 0.15) is 0 Å². The number of halogens is 2. The van der Waals surface area contributed by atoms with E-state index < -0.39 is 0 Å². The molecule has 0 unspecified atom stereocenters. The maximum atomic E-state index is 5.92. The number of nitrogens with zero attached hydrogens (tertiary/aromatic N) is 2. The second-order valence-electron chi connectivity index (χ2n) is 4.17. The third kappa shape index (κ3) is 2.52. The highest BCUT2D eigenvalue weighted by molar-refractivity contribution is 7.71. The van der Waals surface area contributed by atoms with E-state index in [2.05, 4.69) is 9.97 Å². The predicted molar refractivity (Wildman–Crippen MR) is 80.5 cm³/mol. The van der Waals surface area contributed by atoms with Gasteiger partial charge in [0.2, 0.25) is 0 Å². The molecule has 0 amide bonds. The number of H-pyrrole nitrogens is 1. The molecule has 0 saturated carbocycles. The van der Waals surface area contributed by atoms with Crippen LogP contribution in [0, 0.1) is 4.77 Å². The molecule has 96 valence electrons. The van der Waals surface area contributed by atoms with Crippen LogP contribution in [0.15, 0.2) is 36.5 Å². The van der Waals surface area contributed by atoms with Crippen LogP contribution in [0.4, 0.5) is 0 Å². The summed E-state index contributed by atoms with van der Waals surface area (Å²) in [6, 6.07) is 9.48. The average Bonchev–Trinajstić information content (AvgIpc) is 2.68. The lowest BCUT2D eigenvalue weighted by Gasteiger charge is -2.04. The van der Waals surface area contributed by atoms with Crippen LogP contribution < -0.4 is 0 Å². The lowest BCUT2D eigenvalue weighted by Crippen LogP contribution is -2.00. The topological polar surface area (TPSA) is 33.6 Å². The fourth-order valence-corrected chi connectivity index (χ4v) is 2.48. The van der Waals surface area contributed by atoms with Crippen LogP contribution in [0.25, 0.3) is 11.2 Å². The number of hydrogen-bond acceptors (Lipinski definition) is 2. The number of rotatable bonds is 2. The minimum Gasteiger partial charge on any atom is -0.329 e. The molecule has 3 nitrogen and oxygen atoms in total. The van der Waals surface area contributed by atoms with Crippen LogP contribution in [-0.4, -0.2) is 14.5 Å². The molecule has 0 saturated heterocycles. The van der Waals surface area contributed by atoms with E-state index in [0.717, 1.165) is 21.7 Å². The molecule has 0 atom stereocenters. The number of imidazole rings is 1. The van der Waals surface area contributed by atoms with E-state index >= 15 is 0 Å². The summed E-state index contributed by atoms with van der Waals surface area (Å²) in [5, 5.41) is 1.30. The summed E-state index contributed by atoms with van der Waals surface area (Å²) in [5.74, 6) is 0. The van der Waals surface area contributed by atoms with Gasteiger partial charge in [-0.25, -0.2) is 4.98 Å². The van der Waals surface area contributed by atoms with Gasteiger partial charge < -0.3 is 4.98 Å². The van der Waals surface area contributed by atoms with Gasteiger partial charge in [-0.15, -0.1) is 0 Å². The van der Waals surface area contributed by atoms with Crippen molar-refractivity contribution >= 4 is 46.6 Å². The molecule has 2 aromatic heterocycles. The first-order valence-electron chi connectivity index (χ1n) is 5.62. The predicted octanol–water partition coefficient (Wildman–Crippen LogP) is 4.45. The Morgan fingerprint density at radius 1 is 1.16 bits per heavy atom. The normalized spacial score (nSPS) is 11.1. The van der Waals surface area contributed by atoms with Crippen molar-refractivity contribution in [2.24, 2.45) is 0 Å². The number of aromatic nitrogens is 3. The van der Waals surface area contributed by atoms with E-state index in [1.165, 1.54) is 0 Å². The summed E-state index contributed by atoms with van der Waals surface area (Å²) < 4.78 is 2.56. The largest absolute Gasteiger partial charge is 0.329 e. The number of aromatic amines is 1. The van der Waals surface area contributed by atoms with Crippen LogP contribution in [0.2, 0.25) is 10.0 Å². The molecule has 0 bridgehead atoms. The number of fused-ring (bicyclic) bond motifs is 1. The van der Waals surface area contributed by atoms with Gasteiger partial charge in [-0.05, 0) is 36.0 Å². The molecule has 0 aliphatic heterocycles. The van der Waals surface area contributed by atoms with E-state index in [0.29, 0.717) is 16.3 Å². The van der Waals surface area contributed by atoms with Crippen molar-refractivity contribution < 1.29 is 0 Å². The molecule has 2 heterocycles. The number of benzene rings is 1. The van der Waals surface area contributed by atoms with Crippen LogP contribution in [0.3, 0.4) is 0 Å². The molecule has 19 heavy (non-hydrogen) atoms. The molecular weight excluding hydrogens is 301 g/mol. The van der Waals surface area contributed by atoms with Crippen molar-refractivity contribution in [3.05, 3.63) is 56.9 Å². The van der Waals surface area contributed by atoms with Crippen molar-refractivity contribution in [1.82, 2.24) is 14.5 Å². The molecule has 3 rings (SSSR count). The zero-order valence-corrected chi connectivity index (χ0v) is 12.1. The van der Waals surface area contributed by atoms with E-state index in [4.69, 9.17) is 35.4 Å². The summed E-state index contributed by atoms with van der Waals surface area (Å²) in [6.07, 6.45) is 1.62. The molecule has 1 N–H and O–H groups in total. The lowest BCUT2D eigenvalue weighted by atomic mass is 10.2. The zero-order valence-electron chi connectivity index (χ0n) is 9.73. The molecule has 1 aromatic carbocycles. The van der Waals surface area contributed by atoms with Gasteiger partial charge in [0.15, 0.2) is 10.4 Å². The first kappa shape index (κ1) is 12.7. The minimum absolute atomic E-state index is 0.586. The van der Waals surface area contributed by atoms with Crippen LogP contribution in [0.5, 0.6) is 0 Å². The maximum absolute atomic E-state index is 5.92. The Balaban J connectivity index is 2.07. The molecule has 3 aromatic rings. The van der Waals surface area contributed by atoms with Crippen LogP contribution >= 0.6 is 35.4 Å². The number of nitrogens with one attached hydrogen (secondary N) is 1. The maximum Gasteiger partial charge on any atom is 0.179 e. The highest BCUT2D eigenvalue weighted by Crippen LogP contribution is 2.18. The van der Waals surface area contributed by atoms with Gasteiger partial charge in [0, 0.05) is 11.2 Å². The highest BCUT2D eigenvalue weighted by atomic mass is 35.5. The first-order chi connectivity index (χ1) is 9.13. The summed E-state index contributed by atoms with van der Waals surface area (Å²) in [6.45, 7) is 0.643. The van der Waals surface area contributed by atoms with Gasteiger partial charge in [-0.1, -0.05) is 35.3 Å². The van der Waals surface area contributed by atoms with Crippen molar-refractivity contribution in [1.29, 1.82) is 0 Å². The number of pyridine rings is 1. The summed E-state index contributed by atoms with van der Waals surface area (Å²) in [7, 11) is 0. The lowest BCUT2D eigenvalue weighted by molar-refractivity contribution is 0.801. The van der Waals surface area contributed by atoms with Crippen molar-refractivity contribution in [3.63, 3.8) is 0 Å². The molecule has 0 fully saturated rings. The minimum atomic E-state index is 0.586. The van der Waals surface area contributed by atoms with Gasteiger partial charge >= 0.3 is 0 Å². The Kier molecular flexibility index (Phi) is 3.31. The monoisotopic (exact) mass is 309 g/mol. The van der Waals surface area contributed by atoms with Gasteiger partial charge in [0.05, 0.1) is 17.1 Å². The zero-order chi connectivity index (χ0) is 13.4. The summed E-state index contributed by atoms with van der Waals surface area (Å²) in [5.41, 5.74) is 2.74. The molecule has 0 aliphatic rings. The van der Waals surface area contributed by atoms with Gasteiger partial charge in [-0.3, -0.25) is 4.57 Å². The van der Waals surface area contributed by atoms with E-state index in [-0.39, 0.29) is 0 Å². The quantitative estimate of drug-likeness (QED) is 0.710. The standard InChI is InChI=1S/C13H9Cl2N3S/c14-9-3-1-8(2-4-9)7-18-12-11(17-13(18)19)5-10(15)6-16-12/h1-6H,7H2,(H,17,19). The molecule has 0 aliphatic carbocycles. The van der Waals surface area contributed by atoms with Crippen molar-refractivity contribution in [2.75, 3.05) is 0 Å². The third-order valence-electron chi connectivity index (χ3n) is 2.83. The van der Waals surface area contributed by atoms with E-state index in [9.17, 15) is 0 Å². The fourth-order valence-electron chi connectivity index (χ4n) is 1.94. The Hall–Kier alpha value is -1.36. The second kappa shape index (κ2) is 4.96. The Morgan fingerprint density at radius 2 is 1.89 bits per heavy atom. The van der Waals surface area contributed by atoms with E-state index in [1.807, 2.05) is 34.9 Å². The first-order valence-corrected chi connectivity index (χ1v) is 6.78. The van der Waals surface area contributed by atoms with Crippen molar-refractivity contribution in [3.8, 4) is 0 Å². The Labute approximate surface area is 124 Å². The summed E-state index contributed by atoms with van der Waals surface area (Å²) in [4.78, 5) is 7.43. The third-order valence-corrected chi connectivity index (χ3v) is 3.61. The SMILES string of the molecule is S=c1[nH]c2cc(Cl)cnc2n1Cc1ccc(Cl)cc1. The van der Waals surface area contributed by atoms with E-state index in [1.54, 1.807) is 6.20 Å². The molecule has 0 spiro atoms. The molecule has 0 radical (unpaired) electrons. The number of hydrogen-bond donors (Lipinski definition) is 1. The van der Waals surface area contributed by atoms with Gasteiger partial charge in [-0.2, -0.15) is 0 Å². The molecule has 6 heteroatoms. The van der Waals surface area contributed by atoms with Crippen LogP contribution in [0.1, 0.15) is 5.56 Å². The average molecular weight is 310 g/mol. The summed E-state index contributed by atoms with van der Waals surface area (Å²) >= 11 is 17.1. The second-order valence-corrected chi connectivity index (χ2v) is 5.43. The van der Waals surface area contributed by atoms with Crippen molar-refractivity contribution in [2.45, 2.75) is 6.54 Å². The Morgan fingerprint density at radius 3 is 2.63 bits per heavy atom. The fraction of sp³-hybridized carbons (Fsp3) is 0.0769.